The Morgan fingerprint density at radius 1 is 1.21 bits per heavy atom. The summed E-state index contributed by atoms with van der Waals surface area (Å²) in [4.78, 5) is 11.5. The number of carbonyl (C=O) groups is 1. The van der Waals surface area contributed by atoms with E-state index in [-0.39, 0.29) is 12.8 Å². The Balaban J connectivity index is 2.56. The Kier molecular flexibility index (Phi) is 4.71. The van der Waals surface area contributed by atoms with E-state index >= 15 is 0 Å². The highest BCUT2D eigenvalue weighted by Gasteiger charge is 2.44. The molecular weight excluding hydrogens is 261 g/mol. The van der Waals surface area contributed by atoms with Crippen LogP contribution >= 0.6 is 0 Å². The van der Waals surface area contributed by atoms with E-state index in [0.29, 0.717) is 6.42 Å². The highest BCUT2D eigenvalue weighted by Crippen LogP contribution is 2.37. The molecule has 1 fully saturated rings. The molecule has 0 radical (unpaired) electrons. The summed E-state index contributed by atoms with van der Waals surface area (Å²) in [5.74, 6) is -1.46. The van der Waals surface area contributed by atoms with Gasteiger partial charge >= 0.3 is 12.3 Å². The molecule has 1 amide bonds. The number of alkyl halides is 3. The van der Waals surface area contributed by atoms with Crippen LogP contribution in [-0.2, 0) is 4.74 Å². The molecule has 1 saturated carbocycles. The van der Waals surface area contributed by atoms with E-state index in [1.54, 1.807) is 20.8 Å². The highest BCUT2D eigenvalue weighted by molar-refractivity contribution is 5.68. The third kappa shape index (κ3) is 5.67. The number of ether oxygens (including phenoxy) is 1. The van der Waals surface area contributed by atoms with Gasteiger partial charge in [-0.1, -0.05) is 0 Å². The summed E-state index contributed by atoms with van der Waals surface area (Å²) < 4.78 is 43.1. The zero-order chi connectivity index (χ0) is 14.8. The lowest BCUT2D eigenvalue weighted by Crippen LogP contribution is -2.49. The van der Waals surface area contributed by atoms with Crippen molar-refractivity contribution in [1.29, 1.82) is 0 Å². The number of rotatable bonds is 1. The molecule has 0 bridgehead atoms. The molecule has 0 saturated heterocycles. The van der Waals surface area contributed by atoms with Crippen molar-refractivity contribution in [1.82, 2.24) is 5.32 Å². The summed E-state index contributed by atoms with van der Waals surface area (Å²) >= 11 is 0. The largest absolute Gasteiger partial charge is 0.444 e. The van der Waals surface area contributed by atoms with Crippen LogP contribution in [0, 0.1) is 5.92 Å². The molecule has 19 heavy (non-hydrogen) atoms. The molecule has 112 valence electrons. The monoisotopic (exact) mass is 282 g/mol. The Morgan fingerprint density at radius 3 is 2.26 bits per heavy atom. The van der Waals surface area contributed by atoms with E-state index in [1.165, 1.54) is 0 Å². The fourth-order valence-corrected chi connectivity index (χ4v) is 2.22. The number of hydrogen-bond donors (Lipinski definition) is 2. The van der Waals surface area contributed by atoms with E-state index in [2.05, 4.69) is 5.32 Å². The van der Waals surface area contributed by atoms with Gasteiger partial charge < -0.3 is 15.8 Å². The number of amides is 1. The molecule has 4 nitrogen and oxygen atoms in total. The van der Waals surface area contributed by atoms with E-state index in [9.17, 15) is 18.0 Å². The molecule has 1 aliphatic carbocycles. The van der Waals surface area contributed by atoms with Crippen LogP contribution in [-0.4, -0.2) is 30.0 Å². The third-order valence-corrected chi connectivity index (χ3v) is 2.93. The Hall–Kier alpha value is -0.980. The van der Waals surface area contributed by atoms with Crippen LogP contribution in [0.1, 0.15) is 40.0 Å². The molecule has 0 aromatic carbocycles. The Labute approximate surface area is 110 Å². The summed E-state index contributed by atoms with van der Waals surface area (Å²) in [6.45, 7) is 5.08. The predicted molar refractivity (Wildman–Crippen MR) is 64.5 cm³/mol. The second-order valence-corrected chi connectivity index (χ2v) is 6.05. The van der Waals surface area contributed by atoms with Gasteiger partial charge in [0.2, 0.25) is 0 Å². The van der Waals surface area contributed by atoms with E-state index < -0.39 is 35.9 Å². The van der Waals surface area contributed by atoms with Crippen molar-refractivity contribution < 1.29 is 22.7 Å². The van der Waals surface area contributed by atoms with Crippen molar-refractivity contribution in [2.45, 2.75) is 63.9 Å². The van der Waals surface area contributed by atoms with Crippen molar-refractivity contribution in [3.05, 3.63) is 0 Å². The number of halogens is 3. The lowest BCUT2D eigenvalue weighted by molar-refractivity contribution is -0.184. The van der Waals surface area contributed by atoms with Gasteiger partial charge in [0.1, 0.15) is 5.60 Å². The molecule has 0 heterocycles. The predicted octanol–water partition coefficient (Wildman–Crippen LogP) is 2.57. The molecule has 0 aromatic heterocycles. The summed E-state index contributed by atoms with van der Waals surface area (Å²) in [6, 6.07) is -1.15. The molecule has 0 aromatic rings. The van der Waals surface area contributed by atoms with Crippen LogP contribution in [0.15, 0.2) is 0 Å². The van der Waals surface area contributed by atoms with Gasteiger partial charge in [-0.2, -0.15) is 13.2 Å². The zero-order valence-corrected chi connectivity index (χ0v) is 11.4. The smallest absolute Gasteiger partial charge is 0.407 e. The number of carbonyl (C=O) groups excluding carboxylic acids is 1. The maximum atomic E-state index is 12.7. The minimum atomic E-state index is -4.27. The minimum Gasteiger partial charge on any atom is -0.444 e. The van der Waals surface area contributed by atoms with Crippen molar-refractivity contribution in [2.75, 3.05) is 0 Å². The van der Waals surface area contributed by atoms with Gasteiger partial charge in [0.05, 0.1) is 5.92 Å². The molecule has 0 aliphatic heterocycles. The van der Waals surface area contributed by atoms with Gasteiger partial charge in [0.25, 0.3) is 0 Å². The van der Waals surface area contributed by atoms with Gasteiger partial charge in [-0.15, -0.1) is 0 Å². The SMILES string of the molecule is CC(C)(C)OC(=O)N[C@@H]1C[C@H](N)C[C@@H](C(F)(F)F)C1. The van der Waals surface area contributed by atoms with Gasteiger partial charge in [-0.3, -0.25) is 0 Å². The quantitative estimate of drug-likeness (QED) is 0.777. The molecular formula is C12H21F3N2O2. The van der Waals surface area contributed by atoms with E-state index in [1.807, 2.05) is 0 Å². The number of alkyl carbamates (subject to hydrolysis) is 1. The van der Waals surface area contributed by atoms with Crippen LogP contribution in [0.5, 0.6) is 0 Å². The number of nitrogens with one attached hydrogen (secondary N) is 1. The normalized spacial score (nSPS) is 28.9. The molecule has 3 atom stereocenters. The van der Waals surface area contributed by atoms with Gasteiger partial charge in [0.15, 0.2) is 0 Å². The average molecular weight is 282 g/mol. The maximum absolute atomic E-state index is 12.7. The minimum absolute atomic E-state index is 0.0873. The van der Waals surface area contributed by atoms with E-state index in [4.69, 9.17) is 10.5 Å². The van der Waals surface area contributed by atoms with Crippen molar-refractivity contribution in [3.63, 3.8) is 0 Å². The third-order valence-electron chi connectivity index (χ3n) is 2.93. The first-order valence-electron chi connectivity index (χ1n) is 6.29. The summed E-state index contributed by atoms with van der Waals surface area (Å²) in [5, 5.41) is 2.47. The van der Waals surface area contributed by atoms with Gasteiger partial charge in [-0.05, 0) is 40.0 Å². The van der Waals surface area contributed by atoms with Crippen LogP contribution in [0.2, 0.25) is 0 Å². The lowest BCUT2D eigenvalue weighted by Gasteiger charge is -2.34. The molecule has 7 heteroatoms. The van der Waals surface area contributed by atoms with Crippen LogP contribution in [0.4, 0.5) is 18.0 Å². The van der Waals surface area contributed by atoms with Gasteiger partial charge in [-0.25, -0.2) is 4.79 Å². The van der Waals surface area contributed by atoms with Gasteiger partial charge in [0, 0.05) is 12.1 Å². The summed E-state index contributed by atoms with van der Waals surface area (Å²) in [5.41, 5.74) is 4.95. The molecule has 1 rings (SSSR count). The fraction of sp³-hybridized carbons (Fsp3) is 0.917. The maximum Gasteiger partial charge on any atom is 0.407 e. The molecule has 0 unspecified atom stereocenters. The first-order chi connectivity index (χ1) is 8.47. The average Bonchev–Trinajstić information content (AvgIpc) is 2.11. The zero-order valence-electron chi connectivity index (χ0n) is 11.4. The lowest BCUT2D eigenvalue weighted by atomic mass is 9.82. The number of nitrogens with two attached hydrogens (primary N) is 1. The van der Waals surface area contributed by atoms with Crippen LogP contribution in [0.3, 0.4) is 0 Å². The summed E-state index contributed by atoms with van der Waals surface area (Å²) in [6.07, 6.45) is -4.86. The standard InChI is InChI=1S/C12H21F3N2O2/c1-11(2,3)19-10(18)17-9-5-7(12(13,14)15)4-8(16)6-9/h7-9H,4-6,16H2,1-3H3,(H,17,18)/t7-,8-,9+/m1/s1. The topological polar surface area (TPSA) is 64.3 Å². The fourth-order valence-electron chi connectivity index (χ4n) is 2.22. The first kappa shape index (κ1) is 16.1. The Morgan fingerprint density at radius 2 is 1.79 bits per heavy atom. The van der Waals surface area contributed by atoms with Crippen LogP contribution in [0.25, 0.3) is 0 Å². The van der Waals surface area contributed by atoms with Crippen molar-refractivity contribution in [2.24, 2.45) is 11.7 Å². The van der Waals surface area contributed by atoms with Crippen LogP contribution < -0.4 is 11.1 Å². The van der Waals surface area contributed by atoms with Crippen molar-refractivity contribution in [3.8, 4) is 0 Å². The molecule has 3 N–H and O–H groups in total. The van der Waals surface area contributed by atoms with Crippen molar-refractivity contribution >= 4 is 6.09 Å². The molecule has 1 aliphatic rings. The second-order valence-electron chi connectivity index (χ2n) is 6.05. The summed E-state index contributed by atoms with van der Waals surface area (Å²) in [7, 11) is 0. The van der Waals surface area contributed by atoms with E-state index in [0.717, 1.165) is 0 Å². The number of hydrogen-bond acceptors (Lipinski definition) is 3. The first-order valence-corrected chi connectivity index (χ1v) is 6.29. The second kappa shape index (κ2) is 5.56. The highest BCUT2D eigenvalue weighted by atomic mass is 19.4. The Bertz CT molecular complexity index is 326. The molecule has 0 spiro atoms.